The summed E-state index contributed by atoms with van der Waals surface area (Å²) >= 11 is 1.85. The number of aryl methyl sites for hydroxylation is 1. The van der Waals surface area contributed by atoms with Crippen molar-refractivity contribution in [3.8, 4) is 0 Å². The molecule has 84 heavy (non-hydrogen) atoms. The molecule has 4 rings (SSSR count). The minimum absolute atomic E-state index is 0.0103. The van der Waals surface area contributed by atoms with Crippen LogP contribution < -0.4 is 76.1 Å². The molecule has 32 heteroatoms. The van der Waals surface area contributed by atoms with Gasteiger partial charge in [-0.2, -0.15) is 11.8 Å². The average molecular weight is 1210 g/mol. The molecule has 2 saturated heterocycles. The number of carbonyl (C=O) groups is 10. The van der Waals surface area contributed by atoms with Gasteiger partial charge in [0.2, 0.25) is 53.2 Å². The number of rotatable bonds is 28. The third-order valence-electron chi connectivity index (χ3n) is 13.8. The number of hydrogen-bond acceptors (Lipinski definition) is 18. The van der Waals surface area contributed by atoms with Gasteiger partial charge in [-0.15, -0.1) is 5.10 Å². The number of nitrogens with one attached hydrogen (secondary N) is 10. The van der Waals surface area contributed by atoms with Crippen molar-refractivity contribution in [2.24, 2.45) is 33.8 Å². The first kappa shape index (κ1) is 69.6. The molecular weight excluding hydrogens is 1120 g/mol. The van der Waals surface area contributed by atoms with Crippen LogP contribution in [-0.2, 0) is 70.3 Å². The molecule has 18 N–H and O–H groups in total. The van der Waals surface area contributed by atoms with E-state index in [4.69, 9.17) is 37.1 Å². The molecule has 0 unspecified atom stereocenters. The number of nitrogens with two attached hydrogens (primary N) is 4. The molecular formula is C52H90N18O13S. The van der Waals surface area contributed by atoms with E-state index in [0.29, 0.717) is 50.4 Å². The van der Waals surface area contributed by atoms with Gasteiger partial charge in [0, 0.05) is 49.7 Å². The number of urea groups is 1. The van der Waals surface area contributed by atoms with Crippen LogP contribution in [0.5, 0.6) is 0 Å². The molecule has 1 aromatic heterocycles. The first-order chi connectivity index (χ1) is 40.2. The Labute approximate surface area is 493 Å². The van der Waals surface area contributed by atoms with Crippen molar-refractivity contribution >= 4 is 76.9 Å². The number of thioether (sulfide) groups is 1. The molecule has 472 valence electrons. The second-order valence-electron chi connectivity index (χ2n) is 21.3. The molecule has 3 aliphatic rings. The van der Waals surface area contributed by atoms with E-state index < -0.39 is 96.7 Å². The number of hydrogen-bond donors (Lipinski definition) is 14. The van der Waals surface area contributed by atoms with Crippen molar-refractivity contribution in [1.29, 1.82) is 0 Å². The van der Waals surface area contributed by atoms with E-state index in [2.05, 4.69) is 68.5 Å². The van der Waals surface area contributed by atoms with Gasteiger partial charge in [0.15, 0.2) is 5.96 Å². The minimum atomic E-state index is -1.33. The third-order valence-corrected chi connectivity index (χ3v) is 15.3. The van der Waals surface area contributed by atoms with Crippen LogP contribution in [0.3, 0.4) is 0 Å². The number of unbranched alkanes of at least 4 members (excludes halogenated alkanes) is 2. The molecule has 0 spiro atoms. The highest BCUT2D eigenvalue weighted by Crippen LogP contribution is 2.33. The van der Waals surface area contributed by atoms with Crippen molar-refractivity contribution in [2.75, 3.05) is 71.6 Å². The fourth-order valence-electron chi connectivity index (χ4n) is 9.33. The zero-order chi connectivity index (χ0) is 61.4. The summed E-state index contributed by atoms with van der Waals surface area (Å²) < 4.78 is 18.2. The second kappa shape index (κ2) is 38.1. The lowest BCUT2D eigenvalue weighted by molar-refractivity contribution is -0.135. The summed E-state index contributed by atoms with van der Waals surface area (Å²) in [7, 11) is 0. The Hall–Kier alpha value is -6.90. The van der Waals surface area contributed by atoms with Gasteiger partial charge in [0.1, 0.15) is 42.9 Å². The Morgan fingerprint density at radius 1 is 0.762 bits per heavy atom. The summed E-state index contributed by atoms with van der Waals surface area (Å²) in [5.41, 5.74) is 22.8. The van der Waals surface area contributed by atoms with Gasteiger partial charge in [0.25, 0.3) is 0 Å². The van der Waals surface area contributed by atoms with Gasteiger partial charge < -0.3 is 90.3 Å². The molecule has 0 aliphatic carbocycles. The summed E-state index contributed by atoms with van der Waals surface area (Å²) in [4.78, 5) is 136. The fourth-order valence-corrected chi connectivity index (χ4v) is 10.9. The lowest BCUT2D eigenvalue weighted by atomic mass is 10.0. The number of aliphatic imine (C=N–C) groups is 1. The number of amides is 11. The van der Waals surface area contributed by atoms with E-state index >= 15 is 0 Å². The summed E-state index contributed by atoms with van der Waals surface area (Å²) in [6.07, 6.45) is 6.53. The third kappa shape index (κ3) is 26.8. The monoisotopic (exact) mass is 1210 g/mol. The molecule has 0 saturated carbocycles. The Balaban J connectivity index is 1.39. The van der Waals surface area contributed by atoms with E-state index in [1.54, 1.807) is 6.20 Å². The zero-order valence-corrected chi connectivity index (χ0v) is 49.4. The maximum absolute atomic E-state index is 14.4. The number of carbonyl (C=O) groups excluding carboxylic acids is 10. The van der Waals surface area contributed by atoms with Crippen molar-refractivity contribution in [1.82, 2.24) is 68.2 Å². The van der Waals surface area contributed by atoms with Crippen LogP contribution in [0, 0.1) is 5.92 Å². The Morgan fingerprint density at radius 2 is 1.44 bits per heavy atom. The van der Waals surface area contributed by atoms with E-state index in [9.17, 15) is 47.9 Å². The van der Waals surface area contributed by atoms with Gasteiger partial charge in [-0.1, -0.05) is 25.5 Å². The van der Waals surface area contributed by atoms with Crippen LogP contribution in [0.1, 0.15) is 110 Å². The van der Waals surface area contributed by atoms with Crippen molar-refractivity contribution in [2.45, 2.75) is 171 Å². The second-order valence-corrected chi connectivity index (χ2v) is 22.6. The highest BCUT2D eigenvalue weighted by atomic mass is 32.2. The van der Waals surface area contributed by atoms with Crippen LogP contribution in [0.2, 0.25) is 0 Å². The molecule has 0 aromatic carbocycles. The summed E-state index contributed by atoms with van der Waals surface area (Å²) in [6.45, 7) is 5.83. The molecule has 3 aliphatic heterocycles. The first-order valence-corrected chi connectivity index (χ1v) is 30.0. The zero-order valence-electron chi connectivity index (χ0n) is 48.5. The lowest BCUT2D eigenvalue weighted by Gasteiger charge is -2.27. The standard InChI is InChI=1S/C52H90N18O13S/c1-31(2)25-37-47(76)59-27-42(72)60-32(3)46(75)62-34(45(54)74)11-7-9-19-70-28-33(68-69-70)26-38(50(79)64-35(12-6-8-16-53)48(77)63-36(49(78)65-37)13-10-17-58-51(55)56)61-43(73)29-83-24-23-82-22-21-81-20-18-57-41(71)15-5-4-14-40-44-39(30-84-40)66-52(80)67-44/h28,31-32,34-40,44H,4-27,29-30,53H2,1-3H3,(H2,54,74)(H,57,71)(H,59,76)(H,60,72)(H,61,73)(H,62,75)(H,63,77)(H,64,79)(H,65,78)(H4,55,56,58)(H2,66,67,80)/t32-,34-,35-,36-,37-,38-,39+,40+,44+/m0/s1. The molecule has 9 atom stereocenters. The molecule has 1 aromatic rings. The quantitative estimate of drug-likeness (QED) is 0.0163. The SMILES string of the molecule is CC(C)C[C@@H]1NC(=O)[C@H](CCCN=C(N)N)NC(=O)[C@H](CCCCN)NC(=O)[C@@H](NC(=O)COCCOCCOCCNC(=O)CCCC[C@H]2SC[C@H]3NC(=O)N[C@H]32)Cc2cn(nn2)CCCC[C@@H](C(N)=O)NC(=O)[C@H](C)NC(=O)CNC1=O. The van der Waals surface area contributed by atoms with Crippen molar-refractivity contribution in [3.05, 3.63) is 11.9 Å². The van der Waals surface area contributed by atoms with Gasteiger partial charge in [-0.3, -0.25) is 52.8 Å². The van der Waals surface area contributed by atoms with Gasteiger partial charge >= 0.3 is 6.03 Å². The van der Waals surface area contributed by atoms with E-state index in [0.717, 1.165) is 25.0 Å². The first-order valence-electron chi connectivity index (χ1n) is 28.9. The minimum Gasteiger partial charge on any atom is -0.377 e. The number of guanidine groups is 1. The Kier molecular flexibility index (Phi) is 31.6. The van der Waals surface area contributed by atoms with Crippen molar-refractivity contribution < 1.29 is 62.2 Å². The van der Waals surface area contributed by atoms with Crippen LogP contribution >= 0.6 is 11.8 Å². The molecule has 2 bridgehead atoms. The van der Waals surface area contributed by atoms with Gasteiger partial charge in [0.05, 0.1) is 57.4 Å². The average Bonchev–Trinajstić information content (AvgIpc) is 4.28. The van der Waals surface area contributed by atoms with Crippen LogP contribution in [0.25, 0.3) is 0 Å². The van der Waals surface area contributed by atoms with E-state index in [-0.39, 0.29) is 126 Å². The Morgan fingerprint density at radius 3 is 2.14 bits per heavy atom. The van der Waals surface area contributed by atoms with Crippen LogP contribution in [0.4, 0.5) is 4.79 Å². The number of aromatic nitrogens is 3. The highest BCUT2D eigenvalue weighted by Gasteiger charge is 2.42. The largest absolute Gasteiger partial charge is 0.377 e. The predicted molar refractivity (Wildman–Crippen MR) is 309 cm³/mol. The maximum atomic E-state index is 14.4. The normalized spacial score (nSPS) is 24.2. The van der Waals surface area contributed by atoms with E-state index in [1.807, 2.05) is 25.6 Å². The summed E-state index contributed by atoms with van der Waals surface area (Å²) in [5.74, 6) is -5.46. The molecule has 2 fully saturated rings. The van der Waals surface area contributed by atoms with Crippen LogP contribution in [0.15, 0.2) is 11.2 Å². The number of primary amides is 1. The number of nitrogens with zero attached hydrogens (tertiary/aromatic N) is 4. The molecule has 11 amide bonds. The summed E-state index contributed by atoms with van der Waals surface area (Å²) in [5, 5.41) is 35.9. The number of ether oxygens (including phenoxy) is 3. The number of fused-ring (bicyclic) bond motifs is 3. The smallest absolute Gasteiger partial charge is 0.315 e. The van der Waals surface area contributed by atoms with Gasteiger partial charge in [-0.05, 0) is 90.0 Å². The fraction of sp³-hybridized carbons (Fsp3) is 0.750. The molecule has 31 nitrogen and oxygen atoms in total. The summed E-state index contributed by atoms with van der Waals surface area (Å²) in [6, 6.07) is -7.10. The molecule has 4 heterocycles. The van der Waals surface area contributed by atoms with Crippen molar-refractivity contribution in [3.63, 3.8) is 0 Å². The topological polar surface area (TPSA) is 466 Å². The predicted octanol–water partition coefficient (Wildman–Crippen LogP) is -4.34. The highest BCUT2D eigenvalue weighted by molar-refractivity contribution is 8.00. The Bertz CT molecular complexity index is 2340. The van der Waals surface area contributed by atoms with Crippen LogP contribution in [-0.4, -0.2) is 205 Å². The van der Waals surface area contributed by atoms with Gasteiger partial charge in [-0.25, -0.2) is 4.79 Å². The maximum Gasteiger partial charge on any atom is 0.315 e. The lowest BCUT2D eigenvalue weighted by Crippen LogP contribution is -2.59. The molecule has 0 radical (unpaired) electrons. The van der Waals surface area contributed by atoms with E-state index in [1.165, 1.54) is 11.6 Å².